The van der Waals surface area contributed by atoms with E-state index in [0.717, 1.165) is 29.2 Å². The van der Waals surface area contributed by atoms with Crippen molar-refractivity contribution in [3.05, 3.63) is 128 Å². The van der Waals surface area contributed by atoms with Gasteiger partial charge in [0.15, 0.2) is 47.2 Å². The van der Waals surface area contributed by atoms with Gasteiger partial charge in [-0.3, -0.25) is 57.9 Å². The summed E-state index contributed by atoms with van der Waals surface area (Å²) in [5.41, 5.74) is 28.1. The number of carbonyl (C=O) groups excluding carboxylic acids is 6. The molecule has 36 heteroatoms. The van der Waals surface area contributed by atoms with Crippen LogP contribution in [0.5, 0.6) is 0 Å². The molecular formula is C59H69N21O15. The number of aromatic amines is 2. The van der Waals surface area contributed by atoms with Gasteiger partial charge in [0.25, 0.3) is 48.3 Å². The van der Waals surface area contributed by atoms with Crippen molar-refractivity contribution in [2.24, 2.45) is 10.9 Å². The van der Waals surface area contributed by atoms with E-state index < -0.39 is 48.0 Å². The summed E-state index contributed by atoms with van der Waals surface area (Å²) in [6, 6.07) is 20.1. The number of nitrogens with two attached hydrogens (primary N) is 4. The van der Waals surface area contributed by atoms with Gasteiger partial charge in [-0.05, 0) is 85.1 Å². The van der Waals surface area contributed by atoms with Crippen LogP contribution in [-0.2, 0) is 51.1 Å². The number of aliphatic carboxylic acids is 2. The molecule has 7 aromatic rings. The molecule has 2 aliphatic rings. The van der Waals surface area contributed by atoms with Gasteiger partial charge in [-0.25, -0.2) is 15.0 Å². The summed E-state index contributed by atoms with van der Waals surface area (Å²) in [5, 5.41) is 37.7. The lowest BCUT2D eigenvalue weighted by Gasteiger charge is -2.25. The third-order valence-corrected chi connectivity index (χ3v) is 13.9. The fourth-order valence-corrected chi connectivity index (χ4v) is 9.18. The van der Waals surface area contributed by atoms with Gasteiger partial charge in [-0.15, -0.1) is 0 Å². The number of ether oxygens (including phenoxy) is 3. The number of rotatable bonds is 29. The molecule has 4 atom stereocenters. The number of amides is 3. The number of anilines is 9. The Morgan fingerprint density at radius 1 is 0.663 bits per heavy atom. The second-order valence-corrected chi connectivity index (χ2v) is 20.9. The van der Waals surface area contributed by atoms with Gasteiger partial charge in [-0.1, -0.05) is 13.3 Å². The summed E-state index contributed by atoms with van der Waals surface area (Å²) in [4.78, 5) is 150. The molecule has 500 valence electrons. The fourth-order valence-electron chi connectivity index (χ4n) is 9.18. The molecule has 3 amide bonds. The first-order valence-electron chi connectivity index (χ1n) is 29.1. The normalized spacial score (nSPS) is 13.5. The van der Waals surface area contributed by atoms with E-state index in [1.54, 1.807) is 79.0 Å². The molecule has 0 bridgehead atoms. The third kappa shape index (κ3) is 21.0. The summed E-state index contributed by atoms with van der Waals surface area (Å²) in [6.07, 6.45) is 0.111. The third-order valence-electron chi connectivity index (χ3n) is 13.9. The highest BCUT2D eigenvalue weighted by atomic mass is 16.5. The van der Waals surface area contributed by atoms with Crippen LogP contribution < -0.4 is 76.2 Å². The van der Waals surface area contributed by atoms with Crippen LogP contribution in [0, 0.1) is 5.92 Å². The van der Waals surface area contributed by atoms with E-state index in [9.17, 15) is 47.9 Å². The number of aromatic nitrogens is 8. The molecule has 95 heavy (non-hydrogen) atoms. The Labute approximate surface area is 538 Å². The lowest BCUT2D eigenvalue weighted by Crippen LogP contribution is -2.37. The molecule has 4 aromatic heterocycles. The Morgan fingerprint density at radius 2 is 1.18 bits per heavy atom. The minimum Gasteiger partial charge on any atom is -0.481 e. The van der Waals surface area contributed by atoms with E-state index in [1.807, 2.05) is 18.9 Å². The van der Waals surface area contributed by atoms with E-state index in [-0.39, 0.29) is 85.4 Å². The van der Waals surface area contributed by atoms with Crippen molar-refractivity contribution in [3.8, 4) is 0 Å². The van der Waals surface area contributed by atoms with Crippen LogP contribution in [0.4, 0.5) is 58.0 Å². The molecular weight excluding hydrogens is 1240 g/mol. The van der Waals surface area contributed by atoms with Gasteiger partial charge in [0.1, 0.15) is 5.82 Å². The van der Waals surface area contributed by atoms with Crippen molar-refractivity contribution >= 4 is 124 Å². The first-order chi connectivity index (χ1) is 45.6. The number of H-pyrrole nitrogens is 2. The summed E-state index contributed by atoms with van der Waals surface area (Å²) >= 11 is 0. The van der Waals surface area contributed by atoms with Crippen LogP contribution >= 0.6 is 0 Å². The molecule has 6 heterocycles. The Bertz CT molecular complexity index is 4030. The molecule has 0 aliphatic carbocycles. The standard InChI is InChI=1S/C20H22N8O5.C20H24N6O6.C19H23N7O4/c1-28(9-12-8-23-18-16(24-12)17(21)26-20(22)27-18)13-4-2-11(3-5-13)19(32)25-14(33-10-29)6-7-15(30)31;21-20-25-17-14(19(31)26-20)7-11(9-23-17)8-22-13-3-1-12(2-4-13)18(30)24-15(32-10-27)5-6-16(28)29;1-2-3-14(30-10-27)24-17(28)11-4-6-12(7-5-11)21-8-13-9-22-16-15(23-13)18(29)26-19(20)25-16/h2-5,8,10,14H,6-7,9H2,1H3,(H,25,32)(H,30,31)(H4,21,22,23,26,27);1-4,10-11,15,22H,5-9H2,(H,24,30)(H,28,29)(H4,21,23,25,26,31);4-7,10,14,21H,2-3,8-9H2,1H3,(H,24,28)(H4,20,22,25,26,29). The van der Waals surface area contributed by atoms with Crippen LogP contribution in [0.2, 0.25) is 0 Å². The number of nitrogens with one attached hydrogen (secondary N) is 9. The average molecular weight is 1310 g/mol. The first kappa shape index (κ1) is 69.9. The molecule has 36 nitrogen and oxygen atoms in total. The molecule has 0 saturated carbocycles. The van der Waals surface area contributed by atoms with Crippen LogP contribution in [0.15, 0.2) is 93.6 Å². The number of fused-ring (bicyclic) bond motifs is 3. The Hall–Kier alpha value is -12.5. The first-order valence-corrected chi connectivity index (χ1v) is 29.1. The van der Waals surface area contributed by atoms with Gasteiger partial charge in [0, 0.05) is 73.2 Å². The van der Waals surface area contributed by atoms with Crippen LogP contribution in [0.25, 0.3) is 11.2 Å². The summed E-state index contributed by atoms with van der Waals surface area (Å²) in [5.74, 6) is -2.16. The fraction of sp³-hybridized carbons (Fsp3) is 0.305. The maximum Gasteiger partial charge on any atom is 0.303 e. The van der Waals surface area contributed by atoms with Crippen LogP contribution in [0.3, 0.4) is 0 Å². The molecule has 0 spiro atoms. The number of nitrogen functional groups attached to an aromatic ring is 4. The predicted octanol–water partition coefficient (Wildman–Crippen LogP) is 1.45. The number of carboxylic acid groups (broad SMARTS) is 2. The lowest BCUT2D eigenvalue weighted by molar-refractivity contribution is -0.141. The number of carboxylic acids is 2. The lowest BCUT2D eigenvalue weighted by atomic mass is 9.96. The van der Waals surface area contributed by atoms with Gasteiger partial charge < -0.3 is 89.5 Å². The molecule has 19 N–H and O–H groups in total. The van der Waals surface area contributed by atoms with E-state index in [0.29, 0.717) is 103 Å². The minimum atomic E-state index is -1.06. The highest BCUT2D eigenvalue weighted by molar-refractivity contribution is 5.98. The number of hydrogen-bond donors (Lipinski definition) is 15. The van der Waals surface area contributed by atoms with Crippen LogP contribution in [-0.4, -0.2) is 157 Å². The number of benzene rings is 3. The summed E-state index contributed by atoms with van der Waals surface area (Å²) in [7, 11) is 1.84. The van der Waals surface area contributed by atoms with Crippen molar-refractivity contribution in [2.75, 3.05) is 82.3 Å². The average Bonchev–Trinajstić information content (AvgIpc) is 0.850. The van der Waals surface area contributed by atoms with Gasteiger partial charge in [0.05, 0.1) is 55.6 Å². The van der Waals surface area contributed by atoms with E-state index in [1.165, 1.54) is 0 Å². The van der Waals surface area contributed by atoms with Gasteiger partial charge >= 0.3 is 11.9 Å². The second-order valence-electron chi connectivity index (χ2n) is 20.9. The Balaban J connectivity index is 0.000000202. The topological polar surface area (TPSA) is 552 Å². The molecule has 9 rings (SSSR count). The SMILES string of the molecule is CCCC(NC(=O)c1ccc(NCC2=Nc3c(nc(N)[nH]c3=O)NC2)cc1)OC=O.CN(Cc1cnc2nc(N)nc(N)c2n1)c1ccc(C(=O)NC(CCC(=O)O)OC=O)cc1.Nc1nc2c(c(=O)[nH]1)CC(CNc1ccc(C(=O)NC(CCC(=O)O)OC=O)cc1)CN2. The zero-order valence-electron chi connectivity index (χ0n) is 51.1. The van der Waals surface area contributed by atoms with Crippen molar-refractivity contribution in [3.63, 3.8) is 0 Å². The molecule has 4 unspecified atom stereocenters. The van der Waals surface area contributed by atoms with Gasteiger partial charge in [-0.2, -0.15) is 19.9 Å². The number of nitrogens with zero attached hydrogens (tertiary/aromatic N) is 8. The molecule has 0 radical (unpaired) electrons. The quantitative estimate of drug-likeness (QED) is 0.0179. The van der Waals surface area contributed by atoms with Crippen LogP contribution in [0.1, 0.15) is 87.8 Å². The zero-order chi connectivity index (χ0) is 68.6. The highest BCUT2D eigenvalue weighted by Crippen LogP contribution is 2.24. The monoisotopic (exact) mass is 1310 g/mol. The van der Waals surface area contributed by atoms with Gasteiger partial charge in [0.2, 0.25) is 17.8 Å². The van der Waals surface area contributed by atoms with Crippen molar-refractivity contribution in [1.82, 2.24) is 55.8 Å². The maximum absolute atomic E-state index is 12.4. The highest BCUT2D eigenvalue weighted by Gasteiger charge is 2.24. The maximum atomic E-state index is 12.4. The second kappa shape index (κ2) is 34.1. The smallest absolute Gasteiger partial charge is 0.303 e. The number of aliphatic imine (C=N–C) groups is 1. The number of carbonyl (C=O) groups is 8. The molecule has 2 aliphatic heterocycles. The zero-order valence-corrected chi connectivity index (χ0v) is 51.1. The number of hydrogen-bond acceptors (Lipinski definition) is 29. The summed E-state index contributed by atoms with van der Waals surface area (Å²) < 4.78 is 14.3. The van der Waals surface area contributed by atoms with E-state index >= 15 is 0 Å². The Morgan fingerprint density at radius 3 is 1.72 bits per heavy atom. The minimum absolute atomic E-state index is 0.0224. The molecule has 0 fully saturated rings. The Kier molecular flexibility index (Phi) is 25.1. The largest absolute Gasteiger partial charge is 0.481 e. The van der Waals surface area contributed by atoms with Crippen molar-refractivity contribution < 1.29 is 62.8 Å². The molecule has 3 aromatic carbocycles. The predicted molar refractivity (Wildman–Crippen MR) is 346 cm³/mol. The molecule has 0 saturated heterocycles. The van der Waals surface area contributed by atoms with Crippen molar-refractivity contribution in [2.45, 2.75) is 77.1 Å². The summed E-state index contributed by atoms with van der Waals surface area (Å²) in [6.45, 7) is 5.01. The van der Waals surface area contributed by atoms with E-state index in [2.05, 4.69) is 82.1 Å². The van der Waals surface area contributed by atoms with Crippen molar-refractivity contribution in [1.29, 1.82) is 0 Å². The van der Waals surface area contributed by atoms with E-state index in [4.69, 9.17) is 47.4 Å².